The van der Waals surface area contributed by atoms with Gasteiger partial charge in [0.2, 0.25) is 0 Å². The predicted octanol–water partition coefficient (Wildman–Crippen LogP) is 9.50. The average Bonchev–Trinajstić information content (AvgIpc) is 3.84. The number of benzene rings is 5. The molecule has 8 rings (SSSR count). The summed E-state index contributed by atoms with van der Waals surface area (Å²) in [5.41, 5.74) is 13.2. The molecule has 0 spiro atoms. The molecular weight excluding hydrogens is 656 g/mol. The van der Waals surface area contributed by atoms with Crippen molar-refractivity contribution < 1.29 is 24.2 Å². The average molecular weight is 695 g/mol. The van der Waals surface area contributed by atoms with Gasteiger partial charge in [-0.25, -0.2) is 0 Å². The van der Waals surface area contributed by atoms with Crippen molar-refractivity contribution in [2.75, 3.05) is 0 Å². The van der Waals surface area contributed by atoms with Crippen LogP contribution in [0.25, 0.3) is 17.2 Å². The first-order valence-corrected chi connectivity index (χ1v) is 18.3. The van der Waals surface area contributed by atoms with Crippen LogP contribution in [0.1, 0.15) is 54.5 Å². The van der Waals surface area contributed by atoms with Crippen LogP contribution in [0.3, 0.4) is 0 Å². The minimum atomic E-state index is -0.203. The molecule has 0 nitrogen and oxygen atoms in total. The van der Waals surface area contributed by atoms with Gasteiger partial charge in [-0.1, -0.05) is 133 Å². The molecule has 5 aromatic rings. The van der Waals surface area contributed by atoms with Crippen LogP contribution in [0.5, 0.6) is 0 Å². The third kappa shape index (κ3) is 6.13. The number of aryl methyl sites for hydroxylation is 1. The summed E-state index contributed by atoms with van der Waals surface area (Å²) >= 11 is 1.46. The fraction of sp³-hybridized carbons (Fsp3) is 0.128. The van der Waals surface area contributed by atoms with Crippen LogP contribution >= 0.6 is 0 Å². The molecule has 3 aliphatic carbocycles. The quantitative estimate of drug-likeness (QED) is 0.149. The van der Waals surface area contributed by atoms with Gasteiger partial charge in [0.05, 0.1) is 0 Å². The van der Waals surface area contributed by atoms with Gasteiger partial charge in [0, 0.05) is 5.41 Å². The first kappa shape index (κ1) is 32.1. The standard InChI is InChI=1S/C34H29.C13H10.Zr/c1-3-24-19-20-29-27(21-24)22-30-32(29)31(25-13-7-5-8-14-25)23-34(4-2,28-17-9-6-10-18-28)33(30)26-15-11-12-16-26;1-3-7-12(8-4-1)11-13-9-5-2-6-10-13;/h5-15,17-21,23H,3-4,16H2,1-2H3;1-10H;/q-1;;. The Morgan fingerprint density at radius 2 is 1.33 bits per heavy atom. The Morgan fingerprint density at radius 3 is 1.90 bits per heavy atom. The van der Waals surface area contributed by atoms with Crippen molar-refractivity contribution in [1.29, 1.82) is 0 Å². The van der Waals surface area contributed by atoms with Crippen LogP contribution in [0.15, 0.2) is 181 Å². The molecular formula is C47H39Zr-. The maximum absolute atomic E-state index is 3.93. The molecule has 3 aliphatic rings. The summed E-state index contributed by atoms with van der Waals surface area (Å²) in [6, 6.07) is 50.0. The third-order valence-corrected chi connectivity index (χ3v) is 11.2. The normalized spacial score (nSPS) is 17.4. The fourth-order valence-corrected chi connectivity index (χ4v) is 8.11. The molecule has 0 fully saturated rings. The van der Waals surface area contributed by atoms with E-state index >= 15 is 0 Å². The van der Waals surface area contributed by atoms with Crippen molar-refractivity contribution in [3.63, 3.8) is 0 Å². The summed E-state index contributed by atoms with van der Waals surface area (Å²) < 4.78 is 1.42. The van der Waals surface area contributed by atoms with Crippen molar-refractivity contribution in [3.8, 4) is 0 Å². The van der Waals surface area contributed by atoms with Gasteiger partial charge >= 0.3 is 99.2 Å². The summed E-state index contributed by atoms with van der Waals surface area (Å²) in [7, 11) is 0. The van der Waals surface area contributed by atoms with Crippen molar-refractivity contribution in [1.82, 2.24) is 0 Å². The molecule has 0 saturated carbocycles. The molecule has 0 aliphatic heterocycles. The Kier molecular flexibility index (Phi) is 9.60. The molecule has 0 radical (unpaired) electrons. The number of rotatable bonds is 7. The Balaban J connectivity index is 0.000000218. The number of allylic oxidation sites excluding steroid dienone is 8. The Labute approximate surface area is 300 Å². The molecule has 1 heteroatoms. The fourth-order valence-electron chi connectivity index (χ4n) is 7.29. The molecule has 0 amide bonds. The molecule has 0 saturated heterocycles. The van der Waals surface area contributed by atoms with Crippen molar-refractivity contribution in [2.45, 2.75) is 38.5 Å². The summed E-state index contributed by atoms with van der Waals surface area (Å²) in [4.78, 5) is 0. The zero-order chi connectivity index (χ0) is 32.9. The Hall–Kier alpha value is -4.45. The number of hydrogen-bond acceptors (Lipinski definition) is 0. The molecule has 0 bridgehead atoms. The van der Waals surface area contributed by atoms with Crippen LogP contribution in [0.2, 0.25) is 0 Å². The van der Waals surface area contributed by atoms with E-state index in [0.717, 1.165) is 19.3 Å². The van der Waals surface area contributed by atoms with E-state index in [9.17, 15) is 0 Å². The molecule has 1 unspecified atom stereocenters. The second-order valence-corrected chi connectivity index (χ2v) is 13.8. The van der Waals surface area contributed by atoms with E-state index in [1.54, 1.807) is 0 Å². The monoisotopic (exact) mass is 693 g/mol. The van der Waals surface area contributed by atoms with Crippen molar-refractivity contribution in [2.24, 2.45) is 0 Å². The summed E-state index contributed by atoms with van der Waals surface area (Å²) in [5.74, 6) is 0. The topological polar surface area (TPSA) is 0 Å². The van der Waals surface area contributed by atoms with E-state index in [-0.39, 0.29) is 5.41 Å². The van der Waals surface area contributed by atoms with E-state index < -0.39 is 0 Å². The molecule has 0 heterocycles. The molecule has 1 atom stereocenters. The van der Waals surface area contributed by atoms with Gasteiger partial charge in [-0.3, -0.25) is 0 Å². The molecule has 0 N–H and O–H groups in total. The van der Waals surface area contributed by atoms with Crippen LogP contribution in [0.4, 0.5) is 0 Å². The van der Waals surface area contributed by atoms with Gasteiger partial charge in [0.15, 0.2) is 0 Å². The zero-order valence-corrected chi connectivity index (χ0v) is 30.2. The first-order valence-electron chi connectivity index (χ1n) is 17.0. The van der Waals surface area contributed by atoms with Gasteiger partial charge in [-0.05, 0) is 30.4 Å². The van der Waals surface area contributed by atoms with Gasteiger partial charge < -0.3 is 0 Å². The van der Waals surface area contributed by atoms with Crippen molar-refractivity contribution in [3.05, 3.63) is 219 Å². The Bertz CT molecular complexity index is 2160. The molecule has 5 aromatic carbocycles. The maximum atomic E-state index is 3.93. The molecule has 0 aromatic heterocycles. The van der Waals surface area contributed by atoms with Crippen LogP contribution in [-0.4, -0.2) is 3.21 Å². The second-order valence-electron chi connectivity index (χ2n) is 12.5. The van der Waals surface area contributed by atoms with Gasteiger partial charge in [0.1, 0.15) is 0 Å². The van der Waals surface area contributed by atoms with Crippen LogP contribution in [-0.2, 0) is 36.1 Å². The van der Waals surface area contributed by atoms with E-state index in [0.29, 0.717) is 0 Å². The second kappa shape index (κ2) is 14.4. The number of fused-ring (bicyclic) bond motifs is 2. The van der Waals surface area contributed by atoms with Gasteiger partial charge in [-0.2, -0.15) is 0 Å². The van der Waals surface area contributed by atoms with E-state index in [1.165, 1.54) is 93.6 Å². The third-order valence-electron chi connectivity index (χ3n) is 9.78. The first-order chi connectivity index (χ1) is 23.6. The van der Waals surface area contributed by atoms with Crippen molar-refractivity contribution >= 4 is 20.4 Å². The Morgan fingerprint density at radius 1 is 0.729 bits per heavy atom. The molecule has 48 heavy (non-hydrogen) atoms. The van der Waals surface area contributed by atoms with Gasteiger partial charge in [-0.15, -0.1) is 33.7 Å². The minimum absolute atomic E-state index is 0.203. The van der Waals surface area contributed by atoms with E-state index in [4.69, 9.17) is 0 Å². The zero-order valence-electron chi connectivity index (χ0n) is 27.7. The summed E-state index contributed by atoms with van der Waals surface area (Å²) in [6.45, 7) is 4.56. The summed E-state index contributed by atoms with van der Waals surface area (Å²) in [6.07, 6.45) is 16.3. The number of hydrogen-bond donors (Lipinski definition) is 0. The van der Waals surface area contributed by atoms with Gasteiger partial charge in [0.25, 0.3) is 0 Å². The molecule has 232 valence electrons. The van der Waals surface area contributed by atoms with Crippen LogP contribution < -0.4 is 10.4 Å². The van der Waals surface area contributed by atoms with E-state index in [1.807, 2.05) is 0 Å². The SMILES string of the molecule is CCc1ccc2c(c1)=[C-]C1=C(C3=CC=CC3)C(CC)(c3ccccc3)C=C(c3ccccc3)C=21.[Zr]=[C](c1ccccc1)c1ccccc1. The predicted molar refractivity (Wildman–Crippen MR) is 200 cm³/mol. The van der Waals surface area contributed by atoms with E-state index in [2.05, 4.69) is 184 Å². The van der Waals surface area contributed by atoms with Crippen LogP contribution in [0, 0.1) is 0 Å². The summed E-state index contributed by atoms with van der Waals surface area (Å²) in [5, 5.41) is 2.54.